The van der Waals surface area contributed by atoms with E-state index in [4.69, 9.17) is 4.74 Å². The minimum absolute atomic E-state index is 0.701. The van der Waals surface area contributed by atoms with Gasteiger partial charge in [-0.05, 0) is 62.7 Å². The number of likely N-dealkylation sites (tertiary alicyclic amines) is 1. The third kappa shape index (κ3) is 4.14. The van der Waals surface area contributed by atoms with Crippen LogP contribution in [0.4, 0.5) is 0 Å². The second-order valence-corrected chi connectivity index (χ2v) is 7.20. The molecule has 0 spiro atoms. The number of hydrogen-bond donors (Lipinski definition) is 2. The van der Waals surface area contributed by atoms with Gasteiger partial charge in [-0.25, -0.2) is 4.98 Å². The van der Waals surface area contributed by atoms with Gasteiger partial charge in [0.25, 0.3) is 0 Å². The van der Waals surface area contributed by atoms with E-state index in [0.717, 1.165) is 45.9 Å². The lowest BCUT2D eigenvalue weighted by Crippen LogP contribution is -2.32. The number of aromatic nitrogens is 5. The molecule has 0 radical (unpaired) electrons. The lowest BCUT2D eigenvalue weighted by atomic mass is 10.1. The van der Waals surface area contributed by atoms with E-state index in [1.165, 1.54) is 38.7 Å². The van der Waals surface area contributed by atoms with Gasteiger partial charge in [0.2, 0.25) is 0 Å². The van der Waals surface area contributed by atoms with Crippen LogP contribution in [0.15, 0.2) is 42.9 Å². The topological polar surface area (TPSA) is 82.7 Å². The lowest BCUT2D eigenvalue weighted by molar-refractivity contribution is 0.144. The van der Waals surface area contributed by atoms with Gasteiger partial charge >= 0.3 is 0 Å². The van der Waals surface area contributed by atoms with Crippen LogP contribution in [0, 0.1) is 0 Å². The van der Waals surface area contributed by atoms with Crippen molar-refractivity contribution in [3.8, 4) is 11.4 Å². The first kappa shape index (κ1) is 18.4. The van der Waals surface area contributed by atoms with Gasteiger partial charge in [-0.2, -0.15) is 10.2 Å². The summed E-state index contributed by atoms with van der Waals surface area (Å²) in [7, 11) is 0. The van der Waals surface area contributed by atoms with Crippen molar-refractivity contribution in [2.75, 3.05) is 26.2 Å². The lowest BCUT2D eigenvalue weighted by Gasteiger charge is -2.26. The number of H-pyrrole nitrogens is 2. The zero-order valence-corrected chi connectivity index (χ0v) is 16.2. The zero-order chi connectivity index (χ0) is 19.3. The van der Waals surface area contributed by atoms with Crippen LogP contribution in [-0.2, 0) is 4.74 Å². The Morgan fingerprint density at radius 1 is 1.25 bits per heavy atom. The molecule has 3 heterocycles. The summed E-state index contributed by atoms with van der Waals surface area (Å²) in [4.78, 5) is 6.69. The summed E-state index contributed by atoms with van der Waals surface area (Å²) in [5.41, 5.74) is 3.54. The molecule has 0 unspecified atom stereocenters. The molecule has 1 aliphatic heterocycles. The fraction of sp³-hybridized carbons (Fsp3) is 0.381. The number of piperidine rings is 1. The van der Waals surface area contributed by atoms with E-state index in [1.54, 1.807) is 0 Å². The van der Waals surface area contributed by atoms with E-state index in [0.29, 0.717) is 6.61 Å². The molecular formula is C21H26N6O. The normalized spacial score (nSPS) is 15.8. The summed E-state index contributed by atoms with van der Waals surface area (Å²) in [5.74, 6) is 1.58. The first-order valence-corrected chi connectivity index (χ1v) is 9.77. The molecule has 1 aliphatic rings. The molecule has 7 nitrogen and oxygen atoms in total. The monoisotopic (exact) mass is 378 g/mol. The van der Waals surface area contributed by atoms with Crippen molar-refractivity contribution in [1.82, 2.24) is 30.3 Å². The Morgan fingerprint density at radius 3 is 2.89 bits per heavy atom. The molecule has 146 valence electrons. The van der Waals surface area contributed by atoms with E-state index in [-0.39, 0.29) is 0 Å². The number of fused-ring (bicyclic) bond motifs is 1. The van der Waals surface area contributed by atoms with Crippen molar-refractivity contribution < 1.29 is 4.74 Å². The quantitative estimate of drug-likeness (QED) is 0.483. The van der Waals surface area contributed by atoms with E-state index in [1.807, 2.05) is 31.2 Å². The smallest absolute Gasteiger partial charge is 0.155 e. The maximum absolute atomic E-state index is 5.91. The van der Waals surface area contributed by atoms with Gasteiger partial charge in [-0.15, -0.1) is 0 Å². The molecule has 1 saturated heterocycles. The molecule has 0 amide bonds. The van der Waals surface area contributed by atoms with Crippen molar-refractivity contribution in [3.63, 3.8) is 0 Å². The van der Waals surface area contributed by atoms with Crippen molar-refractivity contribution in [3.05, 3.63) is 48.6 Å². The molecule has 7 heteroatoms. The first-order valence-electron chi connectivity index (χ1n) is 9.77. The molecule has 2 N–H and O–H groups in total. The average Bonchev–Trinajstić information content (AvgIpc) is 3.38. The summed E-state index contributed by atoms with van der Waals surface area (Å²) >= 11 is 0. The van der Waals surface area contributed by atoms with Crippen molar-refractivity contribution in [1.29, 1.82) is 0 Å². The maximum atomic E-state index is 5.91. The molecular weight excluding hydrogens is 352 g/mol. The SMILES string of the molecule is C=C(/C=C(\C)OCCN1CCCCC1)c1n[nH]c2ccc(-c3ncn[nH]3)cc12. The summed E-state index contributed by atoms with van der Waals surface area (Å²) in [6.45, 7) is 10.2. The van der Waals surface area contributed by atoms with E-state index < -0.39 is 0 Å². The third-order valence-electron chi connectivity index (χ3n) is 5.12. The Balaban J connectivity index is 1.44. The van der Waals surface area contributed by atoms with Crippen LogP contribution < -0.4 is 0 Å². The summed E-state index contributed by atoms with van der Waals surface area (Å²) in [5, 5.41) is 15.3. The highest BCUT2D eigenvalue weighted by atomic mass is 16.5. The number of nitrogens with one attached hydrogen (secondary N) is 2. The highest BCUT2D eigenvalue weighted by molar-refractivity contribution is 5.94. The number of nitrogens with zero attached hydrogens (tertiary/aromatic N) is 4. The molecule has 0 aliphatic carbocycles. The molecule has 0 bridgehead atoms. The first-order chi connectivity index (χ1) is 13.7. The van der Waals surface area contributed by atoms with E-state index >= 15 is 0 Å². The highest BCUT2D eigenvalue weighted by Gasteiger charge is 2.12. The summed E-state index contributed by atoms with van der Waals surface area (Å²) < 4.78 is 5.91. The second kappa shape index (κ2) is 8.39. The average molecular weight is 378 g/mol. The Bertz CT molecular complexity index is 966. The van der Waals surface area contributed by atoms with E-state index in [9.17, 15) is 0 Å². The molecule has 0 atom stereocenters. The largest absolute Gasteiger partial charge is 0.497 e. The van der Waals surface area contributed by atoms with Gasteiger partial charge in [-0.1, -0.05) is 13.0 Å². The number of benzene rings is 1. The molecule has 1 aromatic carbocycles. The molecule has 1 fully saturated rings. The number of allylic oxidation sites excluding steroid dienone is 3. The van der Waals surface area contributed by atoms with Gasteiger partial charge in [0, 0.05) is 17.5 Å². The zero-order valence-electron chi connectivity index (χ0n) is 16.2. The third-order valence-corrected chi connectivity index (χ3v) is 5.12. The fourth-order valence-corrected chi connectivity index (χ4v) is 3.62. The molecule has 0 saturated carbocycles. The van der Waals surface area contributed by atoms with Gasteiger partial charge in [0.05, 0.1) is 17.0 Å². The second-order valence-electron chi connectivity index (χ2n) is 7.20. The molecule has 28 heavy (non-hydrogen) atoms. The highest BCUT2D eigenvalue weighted by Crippen LogP contribution is 2.27. The standard InChI is InChI=1S/C21H26N6O/c1-15(12-16(2)28-11-10-27-8-4-3-5-9-27)20-18-13-17(21-22-14-23-26-21)6-7-19(18)24-25-20/h6-7,12-14H,1,3-5,8-11H2,2H3,(H,24,25)(H,22,23,26)/b16-12+. The van der Waals surface area contributed by atoms with Crippen molar-refractivity contribution in [2.45, 2.75) is 26.2 Å². The van der Waals surface area contributed by atoms with Crippen LogP contribution in [-0.4, -0.2) is 56.5 Å². The Morgan fingerprint density at radius 2 is 2.11 bits per heavy atom. The van der Waals surface area contributed by atoms with Gasteiger partial charge in [0.1, 0.15) is 12.9 Å². The fourth-order valence-electron chi connectivity index (χ4n) is 3.62. The minimum atomic E-state index is 0.701. The van der Waals surface area contributed by atoms with Gasteiger partial charge in [0.15, 0.2) is 5.82 Å². The van der Waals surface area contributed by atoms with Gasteiger partial charge in [-0.3, -0.25) is 15.1 Å². The van der Waals surface area contributed by atoms with Crippen LogP contribution in [0.25, 0.3) is 27.9 Å². The van der Waals surface area contributed by atoms with Crippen LogP contribution in [0.5, 0.6) is 0 Å². The molecule has 3 aromatic rings. The Kier molecular flexibility index (Phi) is 5.53. The maximum Gasteiger partial charge on any atom is 0.155 e. The van der Waals surface area contributed by atoms with Crippen molar-refractivity contribution in [2.24, 2.45) is 0 Å². The minimum Gasteiger partial charge on any atom is -0.497 e. The van der Waals surface area contributed by atoms with E-state index in [2.05, 4.69) is 36.9 Å². The van der Waals surface area contributed by atoms with Crippen LogP contribution in [0.3, 0.4) is 0 Å². The van der Waals surface area contributed by atoms with Crippen LogP contribution >= 0.6 is 0 Å². The van der Waals surface area contributed by atoms with Crippen LogP contribution in [0.2, 0.25) is 0 Å². The van der Waals surface area contributed by atoms with Crippen LogP contribution in [0.1, 0.15) is 31.9 Å². The number of rotatable bonds is 7. The van der Waals surface area contributed by atoms with Crippen molar-refractivity contribution >= 4 is 16.5 Å². The predicted molar refractivity (Wildman–Crippen MR) is 111 cm³/mol. The number of hydrogen-bond acceptors (Lipinski definition) is 5. The number of aromatic amines is 2. The van der Waals surface area contributed by atoms with Gasteiger partial charge < -0.3 is 4.74 Å². The Labute approximate surface area is 164 Å². The summed E-state index contributed by atoms with van der Waals surface area (Å²) in [6.07, 6.45) is 7.41. The summed E-state index contributed by atoms with van der Waals surface area (Å²) in [6, 6.07) is 6.02. The number of ether oxygens (including phenoxy) is 1. The Hall–Kier alpha value is -2.93. The molecule has 2 aromatic heterocycles. The molecule has 4 rings (SSSR count). The predicted octanol–water partition coefficient (Wildman–Crippen LogP) is 3.77.